The summed E-state index contributed by atoms with van der Waals surface area (Å²) in [7, 11) is 1.59. The number of carbonyl (C=O) groups is 1. The molecule has 0 unspecified atom stereocenters. The van der Waals surface area contributed by atoms with Crippen LogP contribution in [0.5, 0.6) is 5.75 Å². The fraction of sp³-hybridized carbons (Fsp3) is 0.133. The second kappa shape index (κ2) is 5.91. The van der Waals surface area contributed by atoms with Crippen LogP contribution in [0.15, 0.2) is 54.6 Å². The van der Waals surface area contributed by atoms with Gasteiger partial charge in [0.15, 0.2) is 6.04 Å². The molecule has 2 N–H and O–H groups in total. The molecule has 0 aliphatic rings. The Morgan fingerprint density at radius 1 is 1.11 bits per heavy atom. The van der Waals surface area contributed by atoms with Gasteiger partial charge in [-0.1, -0.05) is 30.3 Å². The number of rotatable bonds is 5. The predicted octanol–water partition coefficient (Wildman–Crippen LogP) is 2.93. The van der Waals surface area contributed by atoms with Gasteiger partial charge < -0.3 is 15.2 Å². The van der Waals surface area contributed by atoms with E-state index in [1.165, 1.54) is 0 Å². The zero-order chi connectivity index (χ0) is 13.7. The van der Waals surface area contributed by atoms with E-state index in [9.17, 15) is 9.90 Å². The van der Waals surface area contributed by atoms with Gasteiger partial charge in [-0.05, 0) is 29.8 Å². The highest BCUT2D eigenvalue weighted by atomic mass is 16.5. The van der Waals surface area contributed by atoms with Crippen LogP contribution in [0.25, 0.3) is 0 Å². The molecule has 0 aromatic heterocycles. The van der Waals surface area contributed by atoms with Crippen molar-refractivity contribution in [1.29, 1.82) is 0 Å². The van der Waals surface area contributed by atoms with Crippen LogP contribution in [0.1, 0.15) is 11.6 Å². The van der Waals surface area contributed by atoms with Crippen molar-refractivity contribution in [2.24, 2.45) is 0 Å². The van der Waals surface area contributed by atoms with Crippen molar-refractivity contribution in [3.63, 3.8) is 0 Å². The Bertz CT molecular complexity index is 537. The maximum Gasteiger partial charge on any atom is 0.330 e. The van der Waals surface area contributed by atoms with Crippen molar-refractivity contribution in [2.75, 3.05) is 12.4 Å². The minimum atomic E-state index is -0.915. The van der Waals surface area contributed by atoms with Gasteiger partial charge in [0.05, 0.1) is 7.11 Å². The van der Waals surface area contributed by atoms with Crippen LogP contribution in [-0.4, -0.2) is 18.2 Å². The average Bonchev–Trinajstić information content (AvgIpc) is 2.46. The molecule has 4 heteroatoms. The van der Waals surface area contributed by atoms with Crippen molar-refractivity contribution < 1.29 is 14.6 Å². The molecule has 2 aromatic rings. The highest BCUT2D eigenvalue weighted by molar-refractivity contribution is 5.79. The van der Waals surface area contributed by atoms with Gasteiger partial charge in [0.2, 0.25) is 0 Å². The van der Waals surface area contributed by atoms with Crippen LogP contribution in [0.3, 0.4) is 0 Å². The third-order valence-electron chi connectivity index (χ3n) is 2.78. The summed E-state index contributed by atoms with van der Waals surface area (Å²) < 4.78 is 5.06. The van der Waals surface area contributed by atoms with Crippen molar-refractivity contribution in [3.05, 3.63) is 60.2 Å². The molecule has 19 heavy (non-hydrogen) atoms. The van der Waals surface area contributed by atoms with Crippen molar-refractivity contribution >= 4 is 11.7 Å². The number of benzene rings is 2. The molecule has 0 aliphatic heterocycles. The van der Waals surface area contributed by atoms with Gasteiger partial charge in [0.25, 0.3) is 0 Å². The largest absolute Gasteiger partial charge is 0.497 e. The maximum absolute atomic E-state index is 11.3. The van der Waals surface area contributed by atoms with Gasteiger partial charge >= 0.3 is 5.97 Å². The maximum atomic E-state index is 11.3. The van der Waals surface area contributed by atoms with E-state index >= 15 is 0 Å². The normalized spacial score (nSPS) is 11.6. The number of nitrogens with one attached hydrogen (secondary N) is 1. The molecule has 98 valence electrons. The lowest BCUT2D eigenvalue weighted by Gasteiger charge is -2.16. The van der Waals surface area contributed by atoms with Crippen LogP contribution < -0.4 is 10.1 Å². The standard InChI is InChI=1S/C15H15NO3/c1-19-13-9-7-12(8-10-13)16-14(15(17)18)11-5-3-2-4-6-11/h2-10,14,16H,1H3,(H,17,18)/t14-/m0/s1. The lowest BCUT2D eigenvalue weighted by atomic mass is 10.1. The molecule has 0 heterocycles. The molecule has 0 saturated carbocycles. The fourth-order valence-corrected chi connectivity index (χ4v) is 1.79. The lowest BCUT2D eigenvalue weighted by Crippen LogP contribution is -2.20. The van der Waals surface area contributed by atoms with E-state index < -0.39 is 12.0 Å². The topological polar surface area (TPSA) is 58.6 Å². The molecule has 0 radical (unpaired) electrons. The number of carboxylic acids is 1. The SMILES string of the molecule is COc1ccc(N[C@H](C(=O)O)c2ccccc2)cc1. The minimum Gasteiger partial charge on any atom is -0.497 e. The van der Waals surface area contributed by atoms with Crippen molar-refractivity contribution in [2.45, 2.75) is 6.04 Å². The number of hydrogen-bond donors (Lipinski definition) is 2. The zero-order valence-electron chi connectivity index (χ0n) is 10.5. The molecule has 0 saturated heterocycles. The molecule has 0 aliphatic carbocycles. The van der Waals surface area contributed by atoms with Crippen molar-refractivity contribution in [3.8, 4) is 5.75 Å². The van der Waals surface area contributed by atoms with Gasteiger partial charge in [0, 0.05) is 5.69 Å². The lowest BCUT2D eigenvalue weighted by molar-refractivity contribution is -0.138. The summed E-state index contributed by atoms with van der Waals surface area (Å²) in [6, 6.07) is 15.4. The van der Waals surface area contributed by atoms with Crippen molar-refractivity contribution in [1.82, 2.24) is 0 Å². The first-order valence-electron chi connectivity index (χ1n) is 5.89. The molecule has 0 bridgehead atoms. The molecule has 0 fully saturated rings. The molecule has 2 rings (SSSR count). The summed E-state index contributed by atoms with van der Waals surface area (Å²) in [5, 5.41) is 12.3. The fourth-order valence-electron chi connectivity index (χ4n) is 1.79. The number of aliphatic carboxylic acids is 1. The van der Waals surface area contributed by atoms with E-state index in [1.807, 2.05) is 18.2 Å². The van der Waals surface area contributed by atoms with Gasteiger partial charge in [-0.2, -0.15) is 0 Å². The summed E-state index contributed by atoms with van der Waals surface area (Å²) in [5.74, 6) is -0.181. The van der Waals surface area contributed by atoms with E-state index in [2.05, 4.69) is 5.32 Å². The second-order valence-corrected chi connectivity index (χ2v) is 4.05. The summed E-state index contributed by atoms with van der Waals surface area (Å²) in [6.45, 7) is 0. The zero-order valence-corrected chi connectivity index (χ0v) is 10.5. The van der Waals surface area contributed by atoms with Crippen LogP contribution >= 0.6 is 0 Å². The highest BCUT2D eigenvalue weighted by Crippen LogP contribution is 2.21. The van der Waals surface area contributed by atoms with E-state index in [0.717, 1.165) is 11.4 Å². The first-order chi connectivity index (χ1) is 9.20. The molecule has 0 amide bonds. The Kier molecular flexibility index (Phi) is 4.03. The Labute approximate surface area is 111 Å². The number of hydrogen-bond acceptors (Lipinski definition) is 3. The van der Waals surface area contributed by atoms with E-state index in [0.29, 0.717) is 5.56 Å². The van der Waals surface area contributed by atoms with Crippen LogP contribution in [0.2, 0.25) is 0 Å². The Hall–Kier alpha value is -2.49. The second-order valence-electron chi connectivity index (χ2n) is 4.05. The number of ether oxygens (including phenoxy) is 1. The number of carboxylic acid groups (broad SMARTS) is 1. The molecule has 1 atom stereocenters. The first kappa shape index (κ1) is 13.0. The third-order valence-corrected chi connectivity index (χ3v) is 2.78. The molecular formula is C15H15NO3. The summed E-state index contributed by atoms with van der Waals surface area (Å²) in [5.41, 5.74) is 1.45. The van der Waals surface area contributed by atoms with E-state index in [-0.39, 0.29) is 0 Å². The summed E-state index contributed by atoms with van der Waals surface area (Å²) in [6.07, 6.45) is 0. The average molecular weight is 257 g/mol. The Morgan fingerprint density at radius 3 is 2.26 bits per heavy atom. The quantitative estimate of drug-likeness (QED) is 0.864. The Morgan fingerprint density at radius 2 is 1.74 bits per heavy atom. The van der Waals surface area contributed by atoms with Gasteiger partial charge in [-0.15, -0.1) is 0 Å². The minimum absolute atomic E-state index is 0.714. The number of anilines is 1. The smallest absolute Gasteiger partial charge is 0.330 e. The summed E-state index contributed by atoms with van der Waals surface area (Å²) in [4.78, 5) is 11.3. The third kappa shape index (κ3) is 3.25. The van der Waals surface area contributed by atoms with Gasteiger partial charge in [-0.25, -0.2) is 4.79 Å². The van der Waals surface area contributed by atoms with Crippen LogP contribution in [-0.2, 0) is 4.79 Å². The number of methoxy groups -OCH3 is 1. The van der Waals surface area contributed by atoms with Crippen LogP contribution in [0, 0.1) is 0 Å². The highest BCUT2D eigenvalue weighted by Gasteiger charge is 2.18. The monoisotopic (exact) mass is 257 g/mol. The molecule has 2 aromatic carbocycles. The molecule has 0 spiro atoms. The predicted molar refractivity (Wildman–Crippen MR) is 73.4 cm³/mol. The van der Waals surface area contributed by atoms with Crippen LogP contribution in [0.4, 0.5) is 5.69 Å². The van der Waals surface area contributed by atoms with Gasteiger partial charge in [0.1, 0.15) is 5.75 Å². The van der Waals surface area contributed by atoms with E-state index in [4.69, 9.17) is 4.74 Å². The summed E-state index contributed by atoms with van der Waals surface area (Å²) >= 11 is 0. The Balaban J connectivity index is 2.19. The van der Waals surface area contributed by atoms with E-state index in [1.54, 1.807) is 43.5 Å². The molecule has 4 nitrogen and oxygen atoms in total. The molecular weight excluding hydrogens is 242 g/mol. The first-order valence-corrected chi connectivity index (χ1v) is 5.89. The van der Waals surface area contributed by atoms with Gasteiger partial charge in [-0.3, -0.25) is 0 Å².